The zero-order valence-electron chi connectivity index (χ0n) is 19.4. The minimum Gasteiger partial charge on any atom is -0.322 e. The molecule has 0 spiro atoms. The van der Waals surface area contributed by atoms with Crippen molar-refractivity contribution in [2.75, 3.05) is 6.54 Å². The summed E-state index contributed by atoms with van der Waals surface area (Å²) in [4.78, 5) is 42.8. The fourth-order valence-electron chi connectivity index (χ4n) is 5.10. The van der Waals surface area contributed by atoms with Crippen LogP contribution in [0.2, 0.25) is 0 Å². The smallest absolute Gasteiger partial charge is 0.322 e. The van der Waals surface area contributed by atoms with Gasteiger partial charge in [-0.05, 0) is 63.0 Å². The van der Waals surface area contributed by atoms with Gasteiger partial charge < -0.3 is 9.88 Å². The second kappa shape index (κ2) is 9.81. The van der Waals surface area contributed by atoms with Crippen LogP contribution in [-0.2, 0) is 11.8 Å². The van der Waals surface area contributed by atoms with Gasteiger partial charge in [0.25, 0.3) is 5.56 Å². The van der Waals surface area contributed by atoms with E-state index in [0.29, 0.717) is 24.9 Å². The van der Waals surface area contributed by atoms with Gasteiger partial charge in [-0.1, -0.05) is 6.92 Å². The lowest BCUT2D eigenvalue weighted by atomic mass is 9.71. The van der Waals surface area contributed by atoms with E-state index in [4.69, 9.17) is 11.6 Å². The molecule has 4 rings (SSSR count). The largest absolute Gasteiger partial charge is 0.322 e. The van der Waals surface area contributed by atoms with E-state index >= 15 is 0 Å². The van der Waals surface area contributed by atoms with E-state index in [1.807, 2.05) is 19.1 Å². The van der Waals surface area contributed by atoms with Crippen LogP contribution in [0.5, 0.6) is 0 Å². The average molecular weight is 474 g/mol. The average Bonchev–Trinajstić information content (AvgIpc) is 2.78. The monoisotopic (exact) mass is 473 g/mol. The standard InChI is InChI=1S/C24H32ClN5O3/c1-13-4-5-15(22(31)29-24(33)28-21-7-6-17(25)12-27-21)9-18(13)19-10-16-11-26-14(2)8-20(16)30(3)23(19)32/h8,10-11,13,15,17-18,21,27H,4-7,9,12H2,1-3H3,(H2,28,29,31,33). The van der Waals surface area contributed by atoms with Gasteiger partial charge in [0.2, 0.25) is 5.91 Å². The van der Waals surface area contributed by atoms with Crippen LogP contribution >= 0.6 is 11.6 Å². The van der Waals surface area contributed by atoms with Crippen LogP contribution < -0.4 is 21.5 Å². The Labute approximate surface area is 198 Å². The molecule has 8 nitrogen and oxygen atoms in total. The molecule has 5 unspecified atom stereocenters. The first-order chi connectivity index (χ1) is 15.7. The van der Waals surface area contributed by atoms with E-state index in [9.17, 15) is 14.4 Å². The molecule has 2 aromatic heterocycles. The number of halogens is 1. The Morgan fingerprint density at radius 2 is 2.00 bits per heavy atom. The molecule has 0 radical (unpaired) electrons. The molecule has 3 N–H and O–H groups in total. The zero-order chi connectivity index (χ0) is 23.7. The Bertz CT molecular complexity index is 1110. The summed E-state index contributed by atoms with van der Waals surface area (Å²) in [6, 6.07) is 3.34. The number of fused-ring (bicyclic) bond motifs is 1. The number of hydrogen-bond acceptors (Lipinski definition) is 5. The van der Waals surface area contributed by atoms with E-state index < -0.39 is 6.03 Å². The molecule has 1 saturated carbocycles. The molecular weight excluding hydrogens is 442 g/mol. The number of nitrogens with zero attached hydrogens (tertiary/aromatic N) is 2. The number of amides is 3. The van der Waals surface area contributed by atoms with Crippen molar-refractivity contribution in [1.82, 2.24) is 25.5 Å². The Hall–Kier alpha value is -2.45. The zero-order valence-corrected chi connectivity index (χ0v) is 20.1. The Balaban J connectivity index is 1.46. The fraction of sp³-hybridized carbons (Fsp3) is 0.583. The summed E-state index contributed by atoms with van der Waals surface area (Å²) >= 11 is 6.07. The highest BCUT2D eigenvalue weighted by molar-refractivity contribution is 6.20. The van der Waals surface area contributed by atoms with E-state index in [1.165, 1.54) is 0 Å². The number of hydrogen-bond donors (Lipinski definition) is 3. The van der Waals surface area contributed by atoms with E-state index in [0.717, 1.165) is 35.9 Å². The third-order valence-electron chi connectivity index (χ3n) is 7.14. The Morgan fingerprint density at radius 3 is 2.73 bits per heavy atom. The summed E-state index contributed by atoms with van der Waals surface area (Å²) in [5.41, 5.74) is 2.39. The van der Waals surface area contributed by atoms with E-state index in [-0.39, 0.29) is 40.8 Å². The number of alkyl halides is 1. The highest BCUT2D eigenvalue weighted by Crippen LogP contribution is 2.40. The lowest BCUT2D eigenvalue weighted by Gasteiger charge is -2.34. The minimum atomic E-state index is -0.497. The van der Waals surface area contributed by atoms with Crippen LogP contribution in [0.25, 0.3) is 10.9 Å². The lowest BCUT2D eigenvalue weighted by Crippen LogP contribution is -2.54. The molecule has 178 valence electrons. The molecule has 33 heavy (non-hydrogen) atoms. The predicted molar refractivity (Wildman–Crippen MR) is 128 cm³/mol. The SMILES string of the molecule is Cc1cc2c(cn1)cc(C1CC(C(=O)NC(=O)NC3CCC(Cl)CN3)CCC1C)c(=O)n2C. The summed E-state index contributed by atoms with van der Waals surface area (Å²) in [5, 5.41) is 9.44. The summed E-state index contributed by atoms with van der Waals surface area (Å²) in [6.07, 6.45) is 5.19. The lowest BCUT2D eigenvalue weighted by molar-refractivity contribution is -0.125. The Kier molecular flexibility index (Phi) is 7.05. The number of imide groups is 1. The molecule has 1 aliphatic heterocycles. The molecule has 2 fully saturated rings. The van der Waals surface area contributed by atoms with Gasteiger partial charge >= 0.3 is 6.03 Å². The summed E-state index contributed by atoms with van der Waals surface area (Å²) in [7, 11) is 1.78. The number of aromatic nitrogens is 2. The van der Waals surface area contributed by atoms with Crippen LogP contribution in [0.4, 0.5) is 4.79 Å². The van der Waals surface area contributed by atoms with Gasteiger partial charge in [-0.2, -0.15) is 0 Å². The highest BCUT2D eigenvalue weighted by atomic mass is 35.5. The second-order valence-corrected chi connectivity index (χ2v) is 10.2. The molecule has 3 heterocycles. The van der Waals surface area contributed by atoms with Crippen molar-refractivity contribution in [3.8, 4) is 0 Å². The normalized spacial score (nSPS) is 27.8. The van der Waals surface area contributed by atoms with E-state index in [2.05, 4.69) is 27.9 Å². The number of rotatable bonds is 3. The van der Waals surface area contributed by atoms with Crippen LogP contribution in [0.1, 0.15) is 56.2 Å². The van der Waals surface area contributed by atoms with Gasteiger partial charge in [0.05, 0.1) is 11.7 Å². The maximum atomic E-state index is 13.2. The van der Waals surface area contributed by atoms with Gasteiger partial charge in [0, 0.05) is 47.7 Å². The van der Waals surface area contributed by atoms with Crippen LogP contribution in [0.3, 0.4) is 0 Å². The van der Waals surface area contributed by atoms with Crippen LogP contribution in [0, 0.1) is 18.8 Å². The van der Waals surface area contributed by atoms with Crippen molar-refractivity contribution in [2.45, 2.75) is 63.4 Å². The highest BCUT2D eigenvalue weighted by Gasteiger charge is 2.35. The molecule has 0 aromatic carbocycles. The molecule has 3 amide bonds. The molecular formula is C24H32ClN5O3. The summed E-state index contributed by atoms with van der Waals surface area (Å²) in [5.74, 6) is -0.394. The number of carbonyl (C=O) groups is 2. The molecule has 2 aromatic rings. The van der Waals surface area contributed by atoms with Crippen molar-refractivity contribution in [3.63, 3.8) is 0 Å². The van der Waals surface area contributed by atoms with Crippen molar-refractivity contribution in [2.24, 2.45) is 18.9 Å². The third kappa shape index (κ3) is 5.22. The van der Waals surface area contributed by atoms with Crippen molar-refractivity contribution in [1.29, 1.82) is 0 Å². The van der Waals surface area contributed by atoms with Crippen molar-refractivity contribution < 1.29 is 9.59 Å². The van der Waals surface area contributed by atoms with Gasteiger partial charge in [-0.15, -0.1) is 11.6 Å². The minimum absolute atomic E-state index is 0.0373. The first kappa shape index (κ1) is 23.7. The number of aryl methyl sites for hydroxylation is 2. The first-order valence-electron chi connectivity index (χ1n) is 11.7. The number of piperidine rings is 1. The summed E-state index contributed by atoms with van der Waals surface area (Å²) < 4.78 is 1.67. The topological polar surface area (TPSA) is 105 Å². The third-order valence-corrected chi connectivity index (χ3v) is 7.51. The van der Waals surface area contributed by atoms with Gasteiger partial charge in [0.15, 0.2) is 0 Å². The molecule has 5 atom stereocenters. The van der Waals surface area contributed by atoms with Gasteiger partial charge in [-0.3, -0.25) is 25.2 Å². The quantitative estimate of drug-likeness (QED) is 0.594. The van der Waals surface area contributed by atoms with Crippen molar-refractivity contribution in [3.05, 3.63) is 39.9 Å². The van der Waals surface area contributed by atoms with Crippen molar-refractivity contribution >= 4 is 34.4 Å². The predicted octanol–water partition coefficient (Wildman–Crippen LogP) is 2.90. The molecule has 0 bridgehead atoms. The molecule has 2 aliphatic rings. The maximum absolute atomic E-state index is 13.2. The number of pyridine rings is 2. The van der Waals surface area contributed by atoms with Crippen LogP contribution in [0.15, 0.2) is 23.1 Å². The van der Waals surface area contributed by atoms with Crippen LogP contribution in [-0.4, -0.2) is 39.6 Å². The molecule has 1 aliphatic carbocycles. The number of urea groups is 1. The molecule has 1 saturated heterocycles. The Morgan fingerprint density at radius 1 is 1.21 bits per heavy atom. The van der Waals surface area contributed by atoms with Gasteiger partial charge in [0.1, 0.15) is 0 Å². The molecule has 9 heteroatoms. The second-order valence-electron chi connectivity index (χ2n) is 9.54. The van der Waals surface area contributed by atoms with Gasteiger partial charge in [-0.25, -0.2) is 4.79 Å². The van der Waals surface area contributed by atoms with E-state index in [1.54, 1.807) is 17.8 Å². The number of nitrogens with one attached hydrogen (secondary N) is 3. The first-order valence-corrected chi connectivity index (χ1v) is 12.1. The maximum Gasteiger partial charge on any atom is 0.322 e. The number of carbonyl (C=O) groups excluding carboxylic acids is 2. The fourth-order valence-corrected chi connectivity index (χ4v) is 5.32. The summed E-state index contributed by atoms with van der Waals surface area (Å²) in [6.45, 7) is 4.65.